The van der Waals surface area contributed by atoms with Gasteiger partial charge in [0.1, 0.15) is 0 Å². The monoisotopic (exact) mass is 423 g/mol. The number of hydrogen-bond donors (Lipinski definition) is 0. The van der Waals surface area contributed by atoms with Crippen molar-refractivity contribution >= 4 is 17.5 Å². The van der Waals surface area contributed by atoms with Gasteiger partial charge in [-0.25, -0.2) is 0 Å². The van der Waals surface area contributed by atoms with Crippen LogP contribution in [0.2, 0.25) is 0 Å². The number of carbonyl (C=O) groups is 2. The van der Waals surface area contributed by atoms with E-state index in [1.54, 1.807) is 19.1 Å². The van der Waals surface area contributed by atoms with Gasteiger partial charge in [0.15, 0.2) is 11.5 Å². The Bertz CT molecular complexity index is 936. The van der Waals surface area contributed by atoms with Gasteiger partial charge < -0.3 is 19.3 Å². The van der Waals surface area contributed by atoms with Crippen molar-refractivity contribution in [2.45, 2.75) is 19.4 Å². The highest BCUT2D eigenvalue weighted by Gasteiger charge is 2.24. The number of hydrogen-bond acceptors (Lipinski definition) is 5. The molecule has 0 N–H and O–H groups in total. The number of methoxy groups -OCH3 is 2. The standard InChI is InChI=1S/C24H29N3O4/c1-30-21-10-5-18(16-22(21)31-2)17-25-12-14-26(15-13-25)24(29)19-6-8-20(9-7-19)27-11-3-4-23(27)28/h5-10,16H,3-4,11-15,17H2,1-2H3. The van der Waals surface area contributed by atoms with Crippen LogP contribution in [-0.4, -0.2) is 68.6 Å². The maximum absolute atomic E-state index is 12.9. The molecule has 0 radical (unpaired) electrons. The first-order valence-corrected chi connectivity index (χ1v) is 10.7. The highest BCUT2D eigenvalue weighted by molar-refractivity contribution is 5.97. The zero-order valence-corrected chi connectivity index (χ0v) is 18.2. The summed E-state index contributed by atoms with van der Waals surface area (Å²) in [6.45, 7) is 4.59. The van der Waals surface area contributed by atoms with Gasteiger partial charge in [-0.2, -0.15) is 0 Å². The van der Waals surface area contributed by atoms with Crippen LogP contribution < -0.4 is 14.4 Å². The summed E-state index contributed by atoms with van der Waals surface area (Å²) in [6.07, 6.45) is 1.50. The lowest BCUT2D eigenvalue weighted by molar-refractivity contribution is -0.117. The topological polar surface area (TPSA) is 62.3 Å². The van der Waals surface area contributed by atoms with E-state index in [0.717, 1.165) is 55.3 Å². The molecule has 0 aromatic heterocycles. The third kappa shape index (κ3) is 4.66. The summed E-state index contributed by atoms with van der Waals surface area (Å²) in [5.41, 5.74) is 2.70. The van der Waals surface area contributed by atoms with Crippen molar-refractivity contribution in [2.24, 2.45) is 0 Å². The van der Waals surface area contributed by atoms with Crippen LogP contribution in [0, 0.1) is 0 Å². The van der Waals surface area contributed by atoms with Crippen molar-refractivity contribution in [2.75, 3.05) is 51.8 Å². The largest absolute Gasteiger partial charge is 0.493 e. The highest BCUT2D eigenvalue weighted by atomic mass is 16.5. The maximum Gasteiger partial charge on any atom is 0.253 e. The van der Waals surface area contributed by atoms with E-state index >= 15 is 0 Å². The fourth-order valence-corrected chi connectivity index (χ4v) is 4.23. The second-order valence-corrected chi connectivity index (χ2v) is 7.95. The first-order valence-electron chi connectivity index (χ1n) is 10.7. The van der Waals surface area contributed by atoms with Gasteiger partial charge in [0.2, 0.25) is 5.91 Å². The van der Waals surface area contributed by atoms with Crippen LogP contribution in [0.25, 0.3) is 0 Å². The Hall–Kier alpha value is -3.06. The summed E-state index contributed by atoms with van der Waals surface area (Å²) in [7, 11) is 3.27. The van der Waals surface area contributed by atoms with Crippen molar-refractivity contribution in [1.82, 2.24) is 9.80 Å². The van der Waals surface area contributed by atoms with Gasteiger partial charge in [-0.3, -0.25) is 14.5 Å². The molecule has 0 saturated carbocycles. The molecule has 2 aromatic carbocycles. The smallest absolute Gasteiger partial charge is 0.253 e. The molecule has 31 heavy (non-hydrogen) atoms. The van der Waals surface area contributed by atoms with Crippen molar-refractivity contribution in [1.29, 1.82) is 0 Å². The Labute approximate surface area is 183 Å². The molecule has 2 fully saturated rings. The van der Waals surface area contributed by atoms with E-state index in [2.05, 4.69) is 4.90 Å². The number of amides is 2. The minimum atomic E-state index is 0.0464. The minimum Gasteiger partial charge on any atom is -0.493 e. The molecule has 4 rings (SSSR count). The van der Waals surface area contributed by atoms with Crippen molar-refractivity contribution in [3.63, 3.8) is 0 Å². The molecule has 0 unspecified atom stereocenters. The van der Waals surface area contributed by atoms with Crippen LogP contribution in [0.15, 0.2) is 42.5 Å². The molecule has 164 valence electrons. The van der Waals surface area contributed by atoms with Crippen LogP contribution in [0.1, 0.15) is 28.8 Å². The van der Waals surface area contributed by atoms with Crippen LogP contribution in [0.5, 0.6) is 11.5 Å². The number of benzene rings is 2. The fraction of sp³-hybridized carbons (Fsp3) is 0.417. The number of anilines is 1. The molecular formula is C24H29N3O4. The van der Waals surface area contributed by atoms with Gasteiger partial charge in [0, 0.05) is 56.9 Å². The first-order chi connectivity index (χ1) is 15.1. The Balaban J connectivity index is 1.32. The number of nitrogens with zero attached hydrogens (tertiary/aromatic N) is 3. The SMILES string of the molecule is COc1ccc(CN2CCN(C(=O)c3ccc(N4CCCC4=O)cc3)CC2)cc1OC. The van der Waals surface area contributed by atoms with Gasteiger partial charge >= 0.3 is 0 Å². The van der Waals surface area contributed by atoms with Gasteiger partial charge in [0.05, 0.1) is 14.2 Å². The maximum atomic E-state index is 12.9. The molecule has 2 saturated heterocycles. The molecule has 2 amide bonds. The molecule has 0 aliphatic carbocycles. The normalized spacial score (nSPS) is 17.2. The molecule has 2 aliphatic rings. The molecule has 7 heteroatoms. The Kier molecular flexibility index (Phi) is 6.42. The summed E-state index contributed by atoms with van der Waals surface area (Å²) < 4.78 is 10.7. The lowest BCUT2D eigenvalue weighted by Gasteiger charge is -2.35. The number of piperazine rings is 1. The Morgan fingerprint density at radius 2 is 1.61 bits per heavy atom. The minimum absolute atomic E-state index is 0.0464. The average Bonchev–Trinajstić information content (AvgIpc) is 3.25. The molecule has 0 bridgehead atoms. The van der Waals surface area contributed by atoms with E-state index in [0.29, 0.717) is 25.1 Å². The van der Waals surface area contributed by atoms with Crippen LogP contribution in [0.4, 0.5) is 5.69 Å². The van der Waals surface area contributed by atoms with E-state index in [1.807, 2.05) is 47.4 Å². The predicted octanol–water partition coefficient (Wildman–Crippen LogP) is 2.79. The summed E-state index contributed by atoms with van der Waals surface area (Å²) in [4.78, 5) is 30.9. The molecule has 2 heterocycles. The molecular weight excluding hydrogens is 394 g/mol. The lowest BCUT2D eigenvalue weighted by Crippen LogP contribution is -2.48. The van der Waals surface area contributed by atoms with Crippen LogP contribution in [0.3, 0.4) is 0 Å². The van der Waals surface area contributed by atoms with Crippen LogP contribution in [-0.2, 0) is 11.3 Å². The second kappa shape index (κ2) is 9.39. The van der Waals surface area contributed by atoms with Gasteiger partial charge in [-0.05, 0) is 48.4 Å². The quantitative estimate of drug-likeness (QED) is 0.715. The van der Waals surface area contributed by atoms with E-state index in [-0.39, 0.29) is 11.8 Å². The summed E-state index contributed by atoms with van der Waals surface area (Å²) in [5, 5.41) is 0. The summed E-state index contributed by atoms with van der Waals surface area (Å²) in [5.74, 6) is 1.66. The van der Waals surface area contributed by atoms with E-state index in [1.165, 1.54) is 0 Å². The molecule has 0 atom stereocenters. The third-order valence-corrected chi connectivity index (χ3v) is 6.01. The van der Waals surface area contributed by atoms with E-state index in [9.17, 15) is 9.59 Å². The van der Waals surface area contributed by atoms with Crippen molar-refractivity contribution in [3.8, 4) is 11.5 Å². The second-order valence-electron chi connectivity index (χ2n) is 7.95. The van der Waals surface area contributed by atoms with Crippen molar-refractivity contribution < 1.29 is 19.1 Å². The highest BCUT2D eigenvalue weighted by Crippen LogP contribution is 2.28. The molecule has 0 spiro atoms. The average molecular weight is 424 g/mol. The third-order valence-electron chi connectivity index (χ3n) is 6.01. The Morgan fingerprint density at radius 1 is 0.903 bits per heavy atom. The lowest BCUT2D eigenvalue weighted by atomic mass is 10.1. The van der Waals surface area contributed by atoms with Gasteiger partial charge in [-0.1, -0.05) is 6.07 Å². The zero-order valence-electron chi connectivity index (χ0n) is 18.2. The molecule has 2 aliphatic heterocycles. The first kappa shape index (κ1) is 21.2. The van der Waals surface area contributed by atoms with E-state index < -0.39 is 0 Å². The fourth-order valence-electron chi connectivity index (χ4n) is 4.23. The predicted molar refractivity (Wildman–Crippen MR) is 119 cm³/mol. The summed E-state index contributed by atoms with van der Waals surface area (Å²) in [6, 6.07) is 13.4. The summed E-state index contributed by atoms with van der Waals surface area (Å²) >= 11 is 0. The zero-order chi connectivity index (χ0) is 21.8. The Morgan fingerprint density at radius 3 is 2.23 bits per heavy atom. The molecule has 7 nitrogen and oxygen atoms in total. The van der Waals surface area contributed by atoms with E-state index in [4.69, 9.17) is 9.47 Å². The van der Waals surface area contributed by atoms with Crippen LogP contribution >= 0.6 is 0 Å². The van der Waals surface area contributed by atoms with Gasteiger partial charge in [-0.15, -0.1) is 0 Å². The number of rotatable bonds is 6. The van der Waals surface area contributed by atoms with Crippen molar-refractivity contribution in [3.05, 3.63) is 53.6 Å². The van der Waals surface area contributed by atoms with Gasteiger partial charge in [0.25, 0.3) is 5.91 Å². The number of carbonyl (C=O) groups excluding carboxylic acids is 2. The molecule has 2 aromatic rings. The number of ether oxygens (including phenoxy) is 2.